The van der Waals surface area contributed by atoms with Gasteiger partial charge >= 0.3 is 39.5 Å². The Labute approximate surface area is 664 Å². The van der Waals surface area contributed by atoms with E-state index in [1.807, 2.05) is 0 Å². The van der Waals surface area contributed by atoms with E-state index in [1.54, 1.807) is 0 Å². The predicted octanol–water partition coefficient (Wildman–Crippen LogP) is 27.3. The van der Waals surface area contributed by atoms with Crippen LogP contribution in [-0.4, -0.2) is 96.7 Å². The smallest absolute Gasteiger partial charge is 0.462 e. The summed E-state index contributed by atoms with van der Waals surface area (Å²) in [4.78, 5) is 73.3. The molecule has 0 radical (unpaired) electrons. The van der Waals surface area contributed by atoms with Crippen LogP contribution in [0.15, 0.2) is 0 Å². The zero-order valence-corrected chi connectivity index (χ0v) is 73.1. The molecule has 0 aliphatic rings. The van der Waals surface area contributed by atoms with Gasteiger partial charge < -0.3 is 33.8 Å². The lowest BCUT2D eigenvalue weighted by Crippen LogP contribution is -2.30. The highest BCUT2D eigenvalue weighted by Gasteiger charge is 2.31. The number of unbranched alkanes of at least 4 members (excludes halogenated alkanes) is 54. The van der Waals surface area contributed by atoms with Gasteiger partial charge in [0.2, 0.25) is 0 Å². The summed E-state index contributed by atoms with van der Waals surface area (Å²) in [5.41, 5.74) is 0. The van der Waals surface area contributed by atoms with Crippen LogP contribution >= 0.6 is 15.6 Å². The molecule has 0 bridgehead atoms. The molecule has 0 aromatic carbocycles. The predicted molar refractivity (Wildman–Crippen MR) is 446 cm³/mol. The van der Waals surface area contributed by atoms with E-state index in [4.69, 9.17) is 37.0 Å². The first kappa shape index (κ1) is 106. The van der Waals surface area contributed by atoms with Crippen molar-refractivity contribution in [1.82, 2.24) is 0 Å². The number of hydrogen-bond donors (Lipinski definition) is 3. The maximum atomic E-state index is 13.2. The molecule has 17 nitrogen and oxygen atoms in total. The second kappa shape index (κ2) is 78.9. The van der Waals surface area contributed by atoms with E-state index < -0.39 is 97.5 Å². The summed E-state index contributed by atoms with van der Waals surface area (Å²) in [6.07, 6.45) is 70.7. The average Bonchev–Trinajstić information content (AvgIpc) is 0.900. The van der Waals surface area contributed by atoms with Crippen LogP contribution in [0.5, 0.6) is 0 Å². The molecule has 108 heavy (non-hydrogen) atoms. The summed E-state index contributed by atoms with van der Waals surface area (Å²) in [5.74, 6) is 0.373. The number of esters is 4. The van der Waals surface area contributed by atoms with Crippen LogP contribution in [0.2, 0.25) is 0 Å². The fourth-order valence-corrected chi connectivity index (χ4v) is 15.4. The Bertz CT molecular complexity index is 2080. The van der Waals surface area contributed by atoms with Gasteiger partial charge in [0, 0.05) is 25.7 Å². The van der Waals surface area contributed by atoms with Crippen molar-refractivity contribution < 1.29 is 80.2 Å². The average molecular weight is 1580 g/mol. The number of rotatable bonds is 87. The monoisotopic (exact) mass is 1580 g/mol. The summed E-state index contributed by atoms with van der Waals surface area (Å²) in [6, 6.07) is 0. The number of phosphoric acid groups is 2. The number of ether oxygens (including phenoxy) is 4. The number of carbonyl (C=O) groups excluding carboxylic acids is 4. The minimum Gasteiger partial charge on any atom is -0.462 e. The SMILES string of the molecule is CCCCCCCCCCCCCC(=O)OC[C@H](COP(=O)(O)OC[C@H](O)COP(=O)(O)OC[C@@H](COC(=O)CCCCCCCCCCCCCCCCCC(C)C)OC(=O)CCCCCCCCCCCCCCCCCCCCC(C)CC)OC(=O)CCCCCCCCCCCCCCCCC(C)C. The van der Waals surface area contributed by atoms with Crippen molar-refractivity contribution in [3.05, 3.63) is 0 Å². The highest BCUT2D eigenvalue weighted by atomic mass is 31.2. The minimum absolute atomic E-state index is 0.108. The highest BCUT2D eigenvalue weighted by molar-refractivity contribution is 7.47. The van der Waals surface area contributed by atoms with Crippen molar-refractivity contribution in [3.63, 3.8) is 0 Å². The quantitative estimate of drug-likeness (QED) is 0.0222. The highest BCUT2D eigenvalue weighted by Crippen LogP contribution is 2.45. The summed E-state index contributed by atoms with van der Waals surface area (Å²) in [7, 11) is -9.93. The Morgan fingerprint density at radius 2 is 0.472 bits per heavy atom. The Morgan fingerprint density at radius 1 is 0.269 bits per heavy atom. The first-order valence-electron chi connectivity index (χ1n) is 45.9. The molecule has 3 unspecified atom stereocenters. The van der Waals surface area contributed by atoms with E-state index in [1.165, 1.54) is 283 Å². The van der Waals surface area contributed by atoms with E-state index in [2.05, 4.69) is 48.5 Å². The molecule has 642 valence electrons. The van der Waals surface area contributed by atoms with Crippen molar-refractivity contribution in [1.29, 1.82) is 0 Å². The summed E-state index contributed by atoms with van der Waals surface area (Å²) < 4.78 is 69.0. The van der Waals surface area contributed by atoms with Gasteiger partial charge in [0.15, 0.2) is 12.2 Å². The lowest BCUT2D eigenvalue weighted by molar-refractivity contribution is -0.161. The molecule has 19 heteroatoms. The van der Waals surface area contributed by atoms with Crippen molar-refractivity contribution in [2.45, 2.75) is 491 Å². The summed E-state index contributed by atoms with van der Waals surface area (Å²) in [6.45, 7) is 12.1. The van der Waals surface area contributed by atoms with Gasteiger partial charge in [0.25, 0.3) is 0 Å². The fraction of sp³-hybridized carbons (Fsp3) is 0.955. The van der Waals surface area contributed by atoms with E-state index in [-0.39, 0.29) is 25.7 Å². The molecule has 0 aromatic rings. The molecular weight excluding hydrogens is 1400 g/mol. The van der Waals surface area contributed by atoms with Crippen LogP contribution in [0.3, 0.4) is 0 Å². The standard InChI is InChI=1S/C89H174O17P2/c1-8-10-11-12-13-14-32-42-49-56-63-70-86(91)99-76-84(105-89(94)73-66-59-52-45-38-31-25-24-27-34-40-47-54-61-68-81(5)6)78-103-107(95,96)101-74-83(90)75-102-108(97,98)104-79-85(77-100-87(92)71-64-57-50-43-36-29-23-19-20-26-33-39-46-53-60-67-80(3)4)106-88(93)72-65-58-51-44-37-30-22-18-16-15-17-21-28-35-41-48-55-62-69-82(7)9-2/h80-85,90H,8-79H2,1-7H3,(H,95,96)(H,97,98)/t82?,83-,84+,85+/m0/s1. The van der Waals surface area contributed by atoms with Gasteiger partial charge in [-0.1, -0.05) is 421 Å². The minimum atomic E-state index is -4.97. The van der Waals surface area contributed by atoms with Crippen LogP contribution in [-0.2, 0) is 65.4 Å². The van der Waals surface area contributed by atoms with Crippen LogP contribution in [0.1, 0.15) is 472 Å². The number of carbonyl (C=O) groups is 4. The second-order valence-corrected chi connectivity index (χ2v) is 36.1. The molecule has 0 saturated heterocycles. The number of hydrogen-bond acceptors (Lipinski definition) is 15. The third kappa shape index (κ3) is 80.7. The van der Waals surface area contributed by atoms with Gasteiger partial charge in [-0.25, -0.2) is 9.13 Å². The van der Waals surface area contributed by atoms with E-state index in [0.717, 1.165) is 108 Å². The van der Waals surface area contributed by atoms with E-state index in [9.17, 15) is 43.2 Å². The van der Waals surface area contributed by atoms with Crippen LogP contribution < -0.4 is 0 Å². The number of aliphatic hydroxyl groups excluding tert-OH is 1. The Morgan fingerprint density at radius 3 is 0.704 bits per heavy atom. The van der Waals surface area contributed by atoms with Crippen molar-refractivity contribution in [2.75, 3.05) is 39.6 Å². The van der Waals surface area contributed by atoms with Gasteiger partial charge in [0.1, 0.15) is 19.3 Å². The normalized spacial score (nSPS) is 14.1. The zero-order chi connectivity index (χ0) is 79.3. The fourth-order valence-electron chi connectivity index (χ4n) is 13.9. The third-order valence-corrected chi connectivity index (χ3v) is 23.1. The largest absolute Gasteiger partial charge is 0.472 e. The molecule has 0 fully saturated rings. The Balaban J connectivity index is 5.24. The summed E-state index contributed by atoms with van der Waals surface area (Å²) >= 11 is 0. The van der Waals surface area contributed by atoms with E-state index >= 15 is 0 Å². The molecule has 6 atom stereocenters. The Hall–Kier alpha value is -1.94. The van der Waals surface area contributed by atoms with Gasteiger partial charge in [0.05, 0.1) is 26.4 Å². The van der Waals surface area contributed by atoms with Gasteiger partial charge in [-0.3, -0.25) is 37.3 Å². The Kier molecular flexibility index (Phi) is 77.5. The molecule has 0 aliphatic carbocycles. The molecule has 0 aromatic heterocycles. The lowest BCUT2D eigenvalue weighted by atomic mass is 9.99. The van der Waals surface area contributed by atoms with Gasteiger partial charge in [-0.15, -0.1) is 0 Å². The molecule has 0 spiro atoms. The maximum Gasteiger partial charge on any atom is 0.472 e. The van der Waals surface area contributed by atoms with Crippen LogP contribution in [0, 0.1) is 17.8 Å². The first-order chi connectivity index (χ1) is 52.3. The molecule has 0 rings (SSSR count). The molecular formula is C89H174O17P2. The van der Waals surface area contributed by atoms with Crippen LogP contribution in [0.4, 0.5) is 0 Å². The van der Waals surface area contributed by atoms with Crippen molar-refractivity contribution in [3.8, 4) is 0 Å². The van der Waals surface area contributed by atoms with Gasteiger partial charge in [-0.05, 0) is 43.4 Å². The molecule has 0 amide bonds. The van der Waals surface area contributed by atoms with Crippen LogP contribution in [0.25, 0.3) is 0 Å². The molecule has 0 heterocycles. The molecule has 0 aliphatic heterocycles. The van der Waals surface area contributed by atoms with Gasteiger partial charge in [-0.2, -0.15) is 0 Å². The zero-order valence-electron chi connectivity index (χ0n) is 71.3. The lowest BCUT2D eigenvalue weighted by Gasteiger charge is -2.21. The van der Waals surface area contributed by atoms with E-state index in [0.29, 0.717) is 25.7 Å². The van der Waals surface area contributed by atoms with Crippen molar-refractivity contribution in [2.24, 2.45) is 17.8 Å². The molecule has 0 saturated carbocycles. The topological polar surface area (TPSA) is 237 Å². The maximum absolute atomic E-state index is 13.2. The molecule has 3 N–H and O–H groups in total. The number of aliphatic hydroxyl groups is 1. The number of phosphoric ester groups is 2. The van der Waals surface area contributed by atoms with Crippen molar-refractivity contribution >= 4 is 39.5 Å². The first-order valence-corrected chi connectivity index (χ1v) is 48.9. The summed E-state index contributed by atoms with van der Waals surface area (Å²) in [5, 5.41) is 10.7. The second-order valence-electron chi connectivity index (χ2n) is 33.2. The third-order valence-electron chi connectivity index (χ3n) is 21.2.